The number of nitrogens with zero attached hydrogens (tertiary/aromatic N) is 1. The van der Waals surface area contributed by atoms with E-state index < -0.39 is 5.97 Å². The Kier molecular flexibility index (Phi) is 6.13. The van der Waals surface area contributed by atoms with Gasteiger partial charge in [-0.05, 0) is 0 Å². The number of ether oxygens (including phenoxy) is 1. The third-order valence-electron chi connectivity index (χ3n) is 2.59. The van der Waals surface area contributed by atoms with Gasteiger partial charge in [0.15, 0.2) is 0 Å². The molecule has 18 heavy (non-hydrogen) atoms. The summed E-state index contributed by atoms with van der Waals surface area (Å²) in [6.07, 6.45) is 0.137. The maximum absolute atomic E-state index is 11.7. The van der Waals surface area contributed by atoms with Gasteiger partial charge >= 0.3 is 5.97 Å². The molecule has 1 rings (SSSR count). The van der Waals surface area contributed by atoms with E-state index in [0.717, 1.165) is 0 Å². The van der Waals surface area contributed by atoms with Crippen molar-refractivity contribution in [2.45, 2.75) is 19.3 Å². The van der Waals surface area contributed by atoms with Crippen LogP contribution in [0.2, 0.25) is 0 Å². The number of hydrogen-bond donors (Lipinski definition) is 2. The maximum atomic E-state index is 11.7. The summed E-state index contributed by atoms with van der Waals surface area (Å²) in [6, 6.07) is 0. The molecule has 0 spiro atoms. The molecule has 1 aliphatic rings. The minimum atomic E-state index is -0.959. The Hall–Kier alpha value is -1.63. The smallest absolute Gasteiger partial charge is 0.305 e. The molecule has 0 radical (unpaired) electrons. The van der Waals surface area contributed by atoms with Crippen LogP contribution in [0.4, 0.5) is 0 Å². The van der Waals surface area contributed by atoms with Crippen LogP contribution in [0.15, 0.2) is 0 Å². The number of aliphatic carboxylic acids is 1. The van der Waals surface area contributed by atoms with E-state index in [9.17, 15) is 14.4 Å². The molecule has 102 valence electrons. The Morgan fingerprint density at radius 1 is 1.11 bits per heavy atom. The summed E-state index contributed by atoms with van der Waals surface area (Å²) in [5, 5.41) is 10.8. The number of carbonyl (C=O) groups is 3. The van der Waals surface area contributed by atoms with E-state index >= 15 is 0 Å². The minimum Gasteiger partial charge on any atom is -0.481 e. The summed E-state index contributed by atoms with van der Waals surface area (Å²) in [5.41, 5.74) is 0. The summed E-state index contributed by atoms with van der Waals surface area (Å²) >= 11 is 0. The first kappa shape index (κ1) is 14.4. The Balaban J connectivity index is 2.13. The molecule has 0 aromatic carbocycles. The molecule has 2 N–H and O–H groups in total. The van der Waals surface area contributed by atoms with Crippen LogP contribution in [-0.4, -0.2) is 60.6 Å². The predicted molar refractivity (Wildman–Crippen MR) is 61.9 cm³/mol. The molecule has 0 saturated carbocycles. The molecular formula is C11H18N2O5. The topological polar surface area (TPSA) is 95.9 Å². The first-order valence-corrected chi connectivity index (χ1v) is 5.93. The van der Waals surface area contributed by atoms with Crippen molar-refractivity contribution in [2.75, 3.05) is 32.8 Å². The molecule has 2 amide bonds. The summed E-state index contributed by atoms with van der Waals surface area (Å²) in [4.78, 5) is 34.9. The zero-order chi connectivity index (χ0) is 13.4. The Labute approximate surface area is 105 Å². The molecule has 1 heterocycles. The number of carbonyl (C=O) groups excluding carboxylic acids is 2. The summed E-state index contributed by atoms with van der Waals surface area (Å²) in [5.74, 6) is -1.32. The summed E-state index contributed by atoms with van der Waals surface area (Å²) in [7, 11) is 0. The van der Waals surface area contributed by atoms with Gasteiger partial charge in [-0.25, -0.2) is 0 Å². The van der Waals surface area contributed by atoms with Gasteiger partial charge in [0.2, 0.25) is 11.8 Å². The molecular weight excluding hydrogens is 240 g/mol. The van der Waals surface area contributed by atoms with Gasteiger partial charge in [0.05, 0.1) is 19.6 Å². The fraction of sp³-hybridized carbons (Fsp3) is 0.727. The molecule has 0 aliphatic carbocycles. The number of hydrogen-bond acceptors (Lipinski definition) is 4. The van der Waals surface area contributed by atoms with E-state index in [2.05, 4.69) is 5.32 Å². The highest BCUT2D eigenvalue weighted by Crippen LogP contribution is 2.02. The Bertz CT molecular complexity index is 313. The van der Waals surface area contributed by atoms with Crippen molar-refractivity contribution in [1.82, 2.24) is 10.2 Å². The molecule has 7 heteroatoms. The lowest BCUT2D eigenvalue weighted by molar-refractivity contribution is -0.138. The monoisotopic (exact) mass is 258 g/mol. The van der Waals surface area contributed by atoms with Gasteiger partial charge in [0.1, 0.15) is 0 Å². The average Bonchev–Trinajstić information content (AvgIpc) is 2.36. The molecule has 1 saturated heterocycles. The van der Waals surface area contributed by atoms with Crippen LogP contribution in [0, 0.1) is 0 Å². The van der Waals surface area contributed by atoms with Crippen LogP contribution in [0.1, 0.15) is 19.3 Å². The Morgan fingerprint density at radius 2 is 1.78 bits per heavy atom. The largest absolute Gasteiger partial charge is 0.481 e. The molecule has 0 atom stereocenters. The third-order valence-corrected chi connectivity index (χ3v) is 2.59. The van der Waals surface area contributed by atoms with Crippen molar-refractivity contribution >= 4 is 17.8 Å². The van der Waals surface area contributed by atoms with Crippen molar-refractivity contribution in [1.29, 1.82) is 0 Å². The van der Waals surface area contributed by atoms with E-state index in [1.54, 1.807) is 4.90 Å². The van der Waals surface area contributed by atoms with Crippen molar-refractivity contribution in [3.63, 3.8) is 0 Å². The number of nitrogens with one attached hydrogen (secondary N) is 1. The second kappa shape index (κ2) is 7.65. The second-order valence-electron chi connectivity index (χ2n) is 3.99. The zero-order valence-corrected chi connectivity index (χ0v) is 10.2. The molecule has 0 aromatic rings. The molecule has 0 unspecified atom stereocenters. The lowest BCUT2D eigenvalue weighted by Gasteiger charge is -2.26. The Morgan fingerprint density at radius 3 is 2.39 bits per heavy atom. The summed E-state index contributed by atoms with van der Waals surface area (Å²) < 4.78 is 5.12. The SMILES string of the molecule is O=C(O)CCNC(=O)CCC(=O)N1CCOCC1. The lowest BCUT2D eigenvalue weighted by atomic mass is 10.2. The van der Waals surface area contributed by atoms with Crippen LogP contribution in [0.5, 0.6) is 0 Å². The predicted octanol–water partition coefficient (Wildman–Crippen LogP) is -0.784. The van der Waals surface area contributed by atoms with Gasteiger partial charge in [0.25, 0.3) is 0 Å². The number of carboxylic acid groups (broad SMARTS) is 1. The van der Waals surface area contributed by atoms with E-state index in [-0.39, 0.29) is 37.6 Å². The molecule has 1 aliphatic heterocycles. The quantitative estimate of drug-likeness (QED) is 0.651. The fourth-order valence-electron chi connectivity index (χ4n) is 1.59. The normalized spacial score (nSPS) is 15.2. The lowest BCUT2D eigenvalue weighted by Crippen LogP contribution is -2.41. The summed E-state index contributed by atoms with van der Waals surface area (Å²) in [6.45, 7) is 2.31. The van der Waals surface area contributed by atoms with Crippen LogP contribution < -0.4 is 5.32 Å². The van der Waals surface area contributed by atoms with Gasteiger partial charge in [0, 0.05) is 32.5 Å². The number of rotatable bonds is 6. The van der Waals surface area contributed by atoms with Crippen molar-refractivity contribution in [3.05, 3.63) is 0 Å². The number of carboxylic acids is 1. The van der Waals surface area contributed by atoms with Crippen molar-refractivity contribution < 1.29 is 24.2 Å². The molecule has 0 bridgehead atoms. The minimum absolute atomic E-state index is 0.0633. The first-order chi connectivity index (χ1) is 8.59. The van der Waals surface area contributed by atoms with Gasteiger partial charge < -0.3 is 20.1 Å². The second-order valence-corrected chi connectivity index (χ2v) is 3.99. The van der Waals surface area contributed by atoms with Gasteiger partial charge in [-0.2, -0.15) is 0 Å². The highest BCUT2D eigenvalue weighted by atomic mass is 16.5. The standard InChI is InChI=1S/C11H18N2O5/c14-9(12-4-3-11(16)17)1-2-10(15)13-5-7-18-8-6-13/h1-8H2,(H,12,14)(H,16,17). The van der Waals surface area contributed by atoms with Crippen LogP contribution in [-0.2, 0) is 19.1 Å². The number of amides is 2. The van der Waals surface area contributed by atoms with Gasteiger partial charge in [-0.3, -0.25) is 14.4 Å². The van der Waals surface area contributed by atoms with Crippen LogP contribution >= 0.6 is 0 Å². The van der Waals surface area contributed by atoms with E-state index in [4.69, 9.17) is 9.84 Å². The maximum Gasteiger partial charge on any atom is 0.305 e. The average molecular weight is 258 g/mol. The van der Waals surface area contributed by atoms with Crippen LogP contribution in [0.3, 0.4) is 0 Å². The zero-order valence-electron chi connectivity index (χ0n) is 10.2. The van der Waals surface area contributed by atoms with Crippen LogP contribution in [0.25, 0.3) is 0 Å². The molecule has 0 aromatic heterocycles. The van der Waals surface area contributed by atoms with Gasteiger partial charge in [-0.1, -0.05) is 0 Å². The van der Waals surface area contributed by atoms with E-state index in [1.165, 1.54) is 0 Å². The molecule has 1 fully saturated rings. The van der Waals surface area contributed by atoms with Gasteiger partial charge in [-0.15, -0.1) is 0 Å². The highest BCUT2D eigenvalue weighted by Gasteiger charge is 2.17. The fourth-order valence-corrected chi connectivity index (χ4v) is 1.59. The number of morpholine rings is 1. The van der Waals surface area contributed by atoms with Crippen molar-refractivity contribution in [3.8, 4) is 0 Å². The van der Waals surface area contributed by atoms with Crippen molar-refractivity contribution in [2.24, 2.45) is 0 Å². The molecule has 7 nitrogen and oxygen atoms in total. The van der Waals surface area contributed by atoms with E-state index in [1.807, 2.05) is 0 Å². The highest BCUT2D eigenvalue weighted by molar-refractivity contribution is 5.84. The third kappa shape index (κ3) is 5.62. The first-order valence-electron chi connectivity index (χ1n) is 5.93. The van der Waals surface area contributed by atoms with E-state index in [0.29, 0.717) is 26.3 Å².